The first kappa shape index (κ1) is 13.2. The third-order valence-electron chi connectivity index (χ3n) is 2.67. The largest absolute Gasteiger partial charge is 0.478 e. The molecule has 0 aliphatic carbocycles. The van der Waals surface area contributed by atoms with E-state index in [0.29, 0.717) is 18.7 Å². The summed E-state index contributed by atoms with van der Waals surface area (Å²) in [4.78, 5) is 19.0. The van der Waals surface area contributed by atoms with Gasteiger partial charge in [-0.1, -0.05) is 12.1 Å². The van der Waals surface area contributed by atoms with Crippen molar-refractivity contribution < 1.29 is 9.90 Å². The number of carboxylic acids is 1. The van der Waals surface area contributed by atoms with Gasteiger partial charge in [0.15, 0.2) is 0 Å². The van der Waals surface area contributed by atoms with Crippen molar-refractivity contribution in [2.24, 2.45) is 0 Å². The molecule has 1 aromatic carbocycles. The van der Waals surface area contributed by atoms with Crippen LogP contribution in [0.5, 0.6) is 0 Å². The van der Waals surface area contributed by atoms with Gasteiger partial charge in [-0.15, -0.1) is 0 Å². The zero-order chi connectivity index (χ0) is 13.7. The van der Waals surface area contributed by atoms with E-state index >= 15 is 0 Å². The van der Waals surface area contributed by atoms with E-state index in [4.69, 9.17) is 5.11 Å². The minimum atomic E-state index is -0.907. The van der Waals surface area contributed by atoms with E-state index < -0.39 is 5.97 Å². The Kier molecular flexibility index (Phi) is 4.20. The number of aryl methyl sites for hydroxylation is 1. The molecule has 1 aromatic heterocycles. The highest BCUT2D eigenvalue weighted by Gasteiger charge is 2.01. The Morgan fingerprint density at radius 3 is 2.58 bits per heavy atom. The van der Waals surface area contributed by atoms with Crippen molar-refractivity contribution in [3.63, 3.8) is 0 Å². The fourth-order valence-corrected chi connectivity index (χ4v) is 1.70. The lowest BCUT2D eigenvalue weighted by Gasteiger charge is -2.05. The average molecular weight is 257 g/mol. The first-order valence-corrected chi connectivity index (χ1v) is 5.96. The lowest BCUT2D eigenvalue weighted by Crippen LogP contribution is -2.14. The van der Waals surface area contributed by atoms with Crippen molar-refractivity contribution in [1.82, 2.24) is 15.3 Å². The van der Waals surface area contributed by atoms with Crippen LogP contribution in [-0.4, -0.2) is 21.0 Å². The van der Waals surface area contributed by atoms with Crippen molar-refractivity contribution in [2.75, 3.05) is 0 Å². The second-order valence-electron chi connectivity index (χ2n) is 4.20. The summed E-state index contributed by atoms with van der Waals surface area (Å²) in [5.41, 5.74) is 2.28. The smallest absolute Gasteiger partial charge is 0.335 e. The molecule has 0 fully saturated rings. The van der Waals surface area contributed by atoms with Crippen molar-refractivity contribution in [1.29, 1.82) is 0 Å². The van der Waals surface area contributed by atoms with E-state index in [1.807, 2.05) is 25.1 Å². The van der Waals surface area contributed by atoms with Crippen molar-refractivity contribution in [3.8, 4) is 0 Å². The summed E-state index contributed by atoms with van der Waals surface area (Å²) in [5, 5.41) is 12.1. The first-order chi connectivity index (χ1) is 9.15. The second-order valence-corrected chi connectivity index (χ2v) is 4.20. The molecule has 5 heteroatoms. The molecule has 0 atom stereocenters. The van der Waals surface area contributed by atoms with Gasteiger partial charge in [0.1, 0.15) is 5.82 Å². The Labute approximate surface area is 111 Å². The van der Waals surface area contributed by atoms with Crippen LogP contribution in [0.2, 0.25) is 0 Å². The molecular formula is C14H15N3O2. The van der Waals surface area contributed by atoms with Crippen LogP contribution in [0.25, 0.3) is 0 Å². The maximum atomic E-state index is 10.7. The molecule has 2 rings (SSSR count). The Hall–Kier alpha value is -2.27. The van der Waals surface area contributed by atoms with Crippen LogP contribution in [0, 0.1) is 6.92 Å². The highest BCUT2D eigenvalue weighted by Crippen LogP contribution is 2.04. The molecule has 0 aliphatic rings. The number of nitrogens with one attached hydrogen (secondary N) is 1. The van der Waals surface area contributed by atoms with Crippen LogP contribution >= 0.6 is 0 Å². The molecule has 0 radical (unpaired) electrons. The number of hydrogen-bond acceptors (Lipinski definition) is 4. The number of carboxylic acid groups (broad SMARTS) is 1. The average Bonchev–Trinajstić information content (AvgIpc) is 2.39. The number of hydrogen-bond donors (Lipinski definition) is 2. The maximum Gasteiger partial charge on any atom is 0.335 e. The van der Waals surface area contributed by atoms with Crippen LogP contribution in [0.1, 0.15) is 27.4 Å². The van der Waals surface area contributed by atoms with Crippen LogP contribution in [0.4, 0.5) is 0 Å². The summed E-state index contributed by atoms with van der Waals surface area (Å²) in [5.74, 6) is -0.152. The molecule has 0 saturated carbocycles. The van der Waals surface area contributed by atoms with E-state index in [-0.39, 0.29) is 0 Å². The predicted octanol–water partition coefficient (Wildman–Crippen LogP) is 1.77. The fourth-order valence-electron chi connectivity index (χ4n) is 1.70. The summed E-state index contributed by atoms with van der Waals surface area (Å²) < 4.78 is 0. The topological polar surface area (TPSA) is 75.1 Å². The van der Waals surface area contributed by atoms with Crippen LogP contribution < -0.4 is 5.32 Å². The van der Waals surface area contributed by atoms with Gasteiger partial charge in [-0.2, -0.15) is 0 Å². The van der Waals surface area contributed by atoms with Gasteiger partial charge in [0, 0.05) is 19.3 Å². The maximum absolute atomic E-state index is 10.7. The monoisotopic (exact) mass is 257 g/mol. The molecule has 0 aliphatic heterocycles. The molecule has 0 unspecified atom stereocenters. The SMILES string of the molecule is Cc1nccc(CNCc2ccc(C(=O)O)cc2)n1. The van der Waals surface area contributed by atoms with Crippen LogP contribution in [0.3, 0.4) is 0 Å². The quantitative estimate of drug-likeness (QED) is 0.853. The van der Waals surface area contributed by atoms with Gasteiger partial charge < -0.3 is 10.4 Å². The zero-order valence-corrected chi connectivity index (χ0v) is 10.6. The molecule has 0 spiro atoms. The molecule has 0 bridgehead atoms. The normalized spacial score (nSPS) is 10.4. The Morgan fingerprint density at radius 2 is 1.95 bits per heavy atom. The number of carbonyl (C=O) groups is 1. The number of rotatable bonds is 5. The van der Waals surface area contributed by atoms with Gasteiger partial charge in [-0.25, -0.2) is 14.8 Å². The number of nitrogens with zero attached hydrogens (tertiary/aromatic N) is 2. The zero-order valence-electron chi connectivity index (χ0n) is 10.6. The van der Waals surface area contributed by atoms with Gasteiger partial charge in [0.25, 0.3) is 0 Å². The molecule has 2 N–H and O–H groups in total. The van der Waals surface area contributed by atoms with E-state index in [0.717, 1.165) is 17.1 Å². The minimum Gasteiger partial charge on any atom is -0.478 e. The lowest BCUT2D eigenvalue weighted by molar-refractivity contribution is 0.0697. The first-order valence-electron chi connectivity index (χ1n) is 5.96. The van der Waals surface area contributed by atoms with Crippen molar-refractivity contribution >= 4 is 5.97 Å². The molecule has 1 heterocycles. The predicted molar refractivity (Wildman–Crippen MR) is 70.7 cm³/mol. The molecule has 0 amide bonds. The molecule has 19 heavy (non-hydrogen) atoms. The molecular weight excluding hydrogens is 242 g/mol. The summed E-state index contributed by atoms with van der Waals surface area (Å²) >= 11 is 0. The van der Waals surface area contributed by atoms with Crippen molar-refractivity contribution in [2.45, 2.75) is 20.0 Å². The summed E-state index contributed by atoms with van der Waals surface area (Å²) in [6.07, 6.45) is 1.74. The number of benzene rings is 1. The van der Waals surface area contributed by atoms with Gasteiger partial charge in [0.05, 0.1) is 11.3 Å². The Bertz CT molecular complexity index is 567. The van der Waals surface area contributed by atoms with Gasteiger partial charge >= 0.3 is 5.97 Å². The Morgan fingerprint density at radius 1 is 1.21 bits per heavy atom. The van der Waals surface area contributed by atoms with E-state index in [1.54, 1.807) is 18.3 Å². The van der Waals surface area contributed by atoms with E-state index in [2.05, 4.69) is 15.3 Å². The molecule has 98 valence electrons. The highest BCUT2D eigenvalue weighted by atomic mass is 16.4. The third-order valence-corrected chi connectivity index (χ3v) is 2.67. The number of aromatic carboxylic acids is 1. The second kappa shape index (κ2) is 6.06. The lowest BCUT2D eigenvalue weighted by atomic mass is 10.1. The molecule has 5 nitrogen and oxygen atoms in total. The number of aromatic nitrogens is 2. The van der Waals surface area contributed by atoms with Gasteiger partial charge in [-0.3, -0.25) is 0 Å². The minimum absolute atomic E-state index is 0.301. The molecule has 0 saturated heterocycles. The van der Waals surface area contributed by atoms with Gasteiger partial charge in [-0.05, 0) is 30.7 Å². The van der Waals surface area contributed by atoms with E-state index in [1.165, 1.54) is 0 Å². The molecule has 2 aromatic rings. The third kappa shape index (κ3) is 3.86. The fraction of sp³-hybridized carbons (Fsp3) is 0.214. The summed E-state index contributed by atoms with van der Waals surface area (Å²) in [6.45, 7) is 3.18. The van der Waals surface area contributed by atoms with Crippen LogP contribution in [0.15, 0.2) is 36.5 Å². The summed E-state index contributed by atoms with van der Waals surface area (Å²) in [7, 11) is 0. The summed E-state index contributed by atoms with van der Waals surface area (Å²) in [6, 6.07) is 8.69. The van der Waals surface area contributed by atoms with E-state index in [9.17, 15) is 4.79 Å². The standard InChI is InChI=1S/C14H15N3O2/c1-10-16-7-6-13(17-10)9-15-8-11-2-4-12(5-3-11)14(18)19/h2-7,15H,8-9H2,1H3,(H,18,19). The Balaban J connectivity index is 1.87. The van der Waals surface area contributed by atoms with Crippen LogP contribution in [-0.2, 0) is 13.1 Å². The van der Waals surface area contributed by atoms with Crippen molar-refractivity contribution in [3.05, 3.63) is 59.2 Å². The van der Waals surface area contributed by atoms with Gasteiger partial charge in [0.2, 0.25) is 0 Å². The highest BCUT2D eigenvalue weighted by molar-refractivity contribution is 5.87.